The molecule has 0 saturated carbocycles. The molecule has 0 fully saturated rings. The summed E-state index contributed by atoms with van der Waals surface area (Å²) in [5, 5.41) is 10.9. The van der Waals surface area contributed by atoms with Gasteiger partial charge in [0, 0.05) is 18.2 Å². The number of Topliss-reactive ketones (excluding diaryl/α,β-unsaturated/α-hetero) is 1. The van der Waals surface area contributed by atoms with E-state index in [-0.39, 0.29) is 30.5 Å². The predicted octanol–water partition coefficient (Wildman–Crippen LogP) is 1.94. The molecular weight excluding hydrogens is 287 g/mol. The maximum atomic E-state index is 12.9. The van der Waals surface area contributed by atoms with Crippen molar-refractivity contribution in [2.45, 2.75) is 26.8 Å². The van der Waals surface area contributed by atoms with Gasteiger partial charge in [0.05, 0.1) is 6.61 Å². The van der Waals surface area contributed by atoms with Crippen LogP contribution in [0, 0.1) is 17.1 Å². The summed E-state index contributed by atoms with van der Waals surface area (Å²) in [5.74, 6) is -2.84. The maximum Gasteiger partial charge on any atom is 0.318 e. The first-order chi connectivity index (χ1) is 10.4. The molecular formula is C16H21FN2O3. The van der Waals surface area contributed by atoms with E-state index in [0.29, 0.717) is 0 Å². The zero-order valence-corrected chi connectivity index (χ0v) is 13.0. The maximum absolute atomic E-state index is 12.9. The van der Waals surface area contributed by atoms with Gasteiger partial charge in [-0.2, -0.15) is 0 Å². The van der Waals surface area contributed by atoms with Crippen molar-refractivity contribution in [3.63, 3.8) is 0 Å². The van der Waals surface area contributed by atoms with Gasteiger partial charge in [0.15, 0.2) is 5.78 Å². The van der Waals surface area contributed by atoms with E-state index in [2.05, 4.69) is 5.32 Å². The second-order valence-corrected chi connectivity index (χ2v) is 5.11. The normalized spacial score (nSPS) is 12.0. The number of hydrogen-bond acceptors (Lipinski definition) is 5. The molecule has 6 heteroatoms. The zero-order valence-electron chi connectivity index (χ0n) is 13.0. The highest BCUT2D eigenvalue weighted by atomic mass is 19.1. The van der Waals surface area contributed by atoms with Gasteiger partial charge in [-0.25, -0.2) is 4.39 Å². The molecule has 22 heavy (non-hydrogen) atoms. The Hall–Kier alpha value is -2.08. The molecule has 120 valence electrons. The van der Waals surface area contributed by atoms with E-state index in [1.54, 1.807) is 6.92 Å². The SMILES string of the molecule is CCOC(=O)C(CNC(C)C)C(=O)C(=N)c1ccc(F)cc1. The molecule has 2 N–H and O–H groups in total. The Balaban J connectivity index is 2.91. The number of nitrogens with one attached hydrogen (secondary N) is 2. The minimum absolute atomic E-state index is 0.0877. The molecule has 1 aromatic rings. The first-order valence-electron chi connectivity index (χ1n) is 7.15. The third-order valence-electron chi connectivity index (χ3n) is 3.00. The molecule has 0 aliphatic carbocycles. The van der Waals surface area contributed by atoms with Crippen molar-refractivity contribution in [3.05, 3.63) is 35.6 Å². The lowest BCUT2D eigenvalue weighted by Crippen LogP contribution is -2.41. The summed E-state index contributed by atoms with van der Waals surface area (Å²) in [7, 11) is 0. The van der Waals surface area contributed by atoms with Gasteiger partial charge < -0.3 is 10.1 Å². The van der Waals surface area contributed by atoms with Gasteiger partial charge >= 0.3 is 5.97 Å². The number of rotatable bonds is 8. The zero-order chi connectivity index (χ0) is 16.7. The van der Waals surface area contributed by atoms with Crippen molar-refractivity contribution in [1.82, 2.24) is 5.32 Å². The van der Waals surface area contributed by atoms with Crippen LogP contribution in [-0.4, -0.2) is 36.7 Å². The molecule has 0 bridgehead atoms. The number of halogens is 1. The predicted molar refractivity (Wildman–Crippen MR) is 81.5 cm³/mol. The van der Waals surface area contributed by atoms with E-state index in [1.165, 1.54) is 24.3 Å². The summed E-state index contributed by atoms with van der Waals surface area (Å²) in [6.07, 6.45) is 0. The van der Waals surface area contributed by atoms with Crippen molar-refractivity contribution in [2.24, 2.45) is 5.92 Å². The average Bonchev–Trinajstić information content (AvgIpc) is 2.47. The Morgan fingerprint density at radius 2 is 1.86 bits per heavy atom. The fourth-order valence-electron chi connectivity index (χ4n) is 1.81. The smallest absolute Gasteiger partial charge is 0.318 e. The number of esters is 1. The van der Waals surface area contributed by atoms with Crippen molar-refractivity contribution in [3.8, 4) is 0 Å². The summed E-state index contributed by atoms with van der Waals surface area (Å²) < 4.78 is 17.8. The summed E-state index contributed by atoms with van der Waals surface area (Å²) in [4.78, 5) is 24.3. The summed E-state index contributed by atoms with van der Waals surface area (Å²) in [6, 6.07) is 5.11. The van der Waals surface area contributed by atoms with Crippen molar-refractivity contribution >= 4 is 17.5 Å². The van der Waals surface area contributed by atoms with Crippen LogP contribution in [0.2, 0.25) is 0 Å². The number of benzene rings is 1. The van der Waals surface area contributed by atoms with E-state index in [0.717, 1.165) is 0 Å². The van der Waals surface area contributed by atoms with E-state index >= 15 is 0 Å². The van der Waals surface area contributed by atoms with Gasteiger partial charge in [-0.1, -0.05) is 13.8 Å². The van der Waals surface area contributed by atoms with E-state index in [9.17, 15) is 14.0 Å². The lowest BCUT2D eigenvalue weighted by Gasteiger charge is -2.17. The second-order valence-electron chi connectivity index (χ2n) is 5.11. The molecule has 1 atom stereocenters. The quantitative estimate of drug-likeness (QED) is 0.437. The highest BCUT2D eigenvalue weighted by molar-refractivity contribution is 6.47. The molecule has 0 amide bonds. The number of ketones is 1. The van der Waals surface area contributed by atoms with Crippen molar-refractivity contribution in [1.29, 1.82) is 5.41 Å². The molecule has 0 radical (unpaired) electrons. The van der Waals surface area contributed by atoms with Gasteiger partial charge in [-0.3, -0.25) is 15.0 Å². The molecule has 1 aromatic carbocycles. The molecule has 0 spiro atoms. The third kappa shape index (κ3) is 5.04. The summed E-state index contributed by atoms with van der Waals surface area (Å²) in [5.41, 5.74) is -0.0612. The van der Waals surface area contributed by atoms with Crippen LogP contribution in [-0.2, 0) is 14.3 Å². The first kappa shape index (κ1) is 18.0. The second kappa shape index (κ2) is 8.38. The first-order valence-corrected chi connectivity index (χ1v) is 7.15. The average molecular weight is 308 g/mol. The molecule has 1 rings (SSSR count). The monoisotopic (exact) mass is 308 g/mol. The van der Waals surface area contributed by atoms with Crippen LogP contribution >= 0.6 is 0 Å². The number of hydrogen-bond donors (Lipinski definition) is 2. The Kier molecular flexibility index (Phi) is 6.85. The largest absolute Gasteiger partial charge is 0.465 e. The fraction of sp³-hybridized carbons (Fsp3) is 0.438. The molecule has 5 nitrogen and oxygen atoms in total. The topological polar surface area (TPSA) is 79.2 Å². The van der Waals surface area contributed by atoms with Crippen LogP contribution < -0.4 is 5.32 Å². The summed E-state index contributed by atoms with van der Waals surface area (Å²) in [6.45, 7) is 5.68. The van der Waals surface area contributed by atoms with Gasteiger partial charge in [-0.15, -0.1) is 0 Å². The Bertz CT molecular complexity index is 541. The minimum Gasteiger partial charge on any atom is -0.465 e. The molecule has 0 aliphatic heterocycles. The van der Waals surface area contributed by atoms with Gasteiger partial charge in [-0.05, 0) is 31.2 Å². The van der Waals surface area contributed by atoms with Crippen LogP contribution in [0.25, 0.3) is 0 Å². The highest BCUT2D eigenvalue weighted by Gasteiger charge is 2.31. The Morgan fingerprint density at radius 3 is 2.36 bits per heavy atom. The standard InChI is InChI=1S/C16H21FN2O3/c1-4-22-16(21)13(9-19-10(2)3)15(20)14(18)11-5-7-12(17)8-6-11/h5-8,10,13,18-19H,4,9H2,1-3H3. The molecule has 0 aromatic heterocycles. The van der Waals surface area contributed by atoms with Crippen molar-refractivity contribution < 1.29 is 18.7 Å². The lowest BCUT2D eigenvalue weighted by molar-refractivity contribution is -0.150. The molecule has 0 saturated heterocycles. The van der Waals surface area contributed by atoms with Crippen LogP contribution in [0.3, 0.4) is 0 Å². The highest BCUT2D eigenvalue weighted by Crippen LogP contribution is 2.10. The van der Waals surface area contributed by atoms with Crippen LogP contribution in [0.5, 0.6) is 0 Å². The minimum atomic E-state index is -1.08. The van der Waals surface area contributed by atoms with E-state index < -0.39 is 23.5 Å². The lowest BCUT2D eigenvalue weighted by atomic mass is 9.95. The van der Waals surface area contributed by atoms with Crippen LogP contribution in [0.4, 0.5) is 4.39 Å². The van der Waals surface area contributed by atoms with Gasteiger partial charge in [0.25, 0.3) is 0 Å². The Morgan fingerprint density at radius 1 is 1.27 bits per heavy atom. The van der Waals surface area contributed by atoms with Gasteiger partial charge in [0.1, 0.15) is 17.4 Å². The van der Waals surface area contributed by atoms with E-state index in [1.807, 2.05) is 13.8 Å². The number of carbonyl (C=O) groups is 2. The number of carbonyl (C=O) groups excluding carboxylic acids is 2. The van der Waals surface area contributed by atoms with Gasteiger partial charge in [0.2, 0.25) is 0 Å². The Labute approximate surface area is 129 Å². The number of ether oxygens (including phenoxy) is 1. The van der Waals surface area contributed by atoms with Crippen LogP contribution in [0.15, 0.2) is 24.3 Å². The van der Waals surface area contributed by atoms with E-state index in [4.69, 9.17) is 10.1 Å². The fourth-order valence-corrected chi connectivity index (χ4v) is 1.81. The molecule has 0 aliphatic rings. The molecule has 0 heterocycles. The summed E-state index contributed by atoms with van der Waals surface area (Å²) >= 11 is 0. The van der Waals surface area contributed by atoms with Crippen LogP contribution in [0.1, 0.15) is 26.3 Å². The molecule has 1 unspecified atom stereocenters. The van der Waals surface area contributed by atoms with Crippen molar-refractivity contribution in [2.75, 3.05) is 13.2 Å². The third-order valence-corrected chi connectivity index (χ3v) is 3.00.